The first-order chi connectivity index (χ1) is 8.90. The van der Waals surface area contributed by atoms with Crippen LogP contribution in [0.3, 0.4) is 0 Å². The summed E-state index contributed by atoms with van der Waals surface area (Å²) < 4.78 is 21.7. The number of morpholine rings is 1. The maximum absolute atomic E-state index is 8.00. The molecular weight excluding hydrogens is 236 g/mol. The van der Waals surface area contributed by atoms with Crippen LogP contribution in [0.25, 0.3) is 0 Å². The molecule has 0 amide bonds. The van der Waals surface area contributed by atoms with Crippen LogP contribution in [-0.2, 0) is 11.2 Å². The molecule has 1 N–H and O–H groups in total. The van der Waals surface area contributed by atoms with Crippen molar-refractivity contribution in [3.63, 3.8) is 0 Å². The van der Waals surface area contributed by atoms with Crippen molar-refractivity contribution < 1.29 is 13.9 Å². The molecule has 0 bridgehead atoms. The van der Waals surface area contributed by atoms with Crippen molar-refractivity contribution >= 4 is 0 Å². The van der Waals surface area contributed by atoms with Crippen LogP contribution >= 0.6 is 0 Å². The van der Waals surface area contributed by atoms with Crippen molar-refractivity contribution in [2.75, 3.05) is 19.7 Å². The van der Waals surface area contributed by atoms with E-state index < -0.39 is 0 Å². The lowest BCUT2D eigenvalue weighted by atomic mass is 10.0. The maximum atomic E-state index is 8.00. The van der Waals surface area contributed by atoms with Gasteiger partial charge in [-0.3, -0.25) is 0 Å². The van der Waals surface area contributed by atoms with Gasteiger partial charge in [-0.2, -0.15) is 0 Å². The normalized spacial score (nSPS) is 18.9. The van der Waals surface area contributed by atoms with Gasteiger partial charge in [-0.05, 0) is 24.0 Å². The van der Waals surface area contributed by atoms with Gasteiger partial charge in [0.2, 0.25) is 0 Å². The van der Waals surface area contributed by atoms with Crippen molar-refractivity contribution in [1.29, 1.82) is 0 Å². The molecule has 0 saturated carbocycles. The minimum atomic E-state index is 0.244. The van der Waals surface area contributed by atoms with Gasteiger partial charge in [0.1, 0.15) is 0 Å². The van der Waals surface area contributed by atoms with Gasteiger partial charge in [-0.15, -0.1) is 0 Å². The van der Waals surface area contributed by atoms with Gasteiger partial charge < -0.3 is 10.1 Å². The number of aryl methyl sites for hydroxylation is 1. The number of hydrogen-bond acceptors (Lipinski definition) is 2. The molecule has 1 fully saturated rings. The number of ether oxygens (including phenoxy) is 1. The van der Waals surface area contributed by atoms with E-state index in [0.29, 0.717) is 0 Å². The minimum Gasteiger partial charge on any atom is -0.371 e. The summed E-state index contributed by atoms with van der Waals surface area (Å²) >= 11 is 0. The second-order valence-electron chi connectivity index (χ2n) is 4.41. The monoisotopic (exact) mass is 257 g/mol. The Bertz CT molecular complexity index is 310. The second-order valence-corrected chi connectivity index (χ2v) is 4.41. The van der Waals surface area contributed by atoms with E-state index >= 15 is 0 Å². The van der Waals surface area contributed by atoms with Gasteiger partial charge >= 0.3 is 0 Å². The number of nitrogens with one attached hydrogen (secondary N) is 1. The number of halogens is 2. The van der Waals surface area contributed by atoms with Gasteiger partial charge in [-0.25, -0.2) is 0 Å². The molecule has 0 spiro atoms. The van der Waals surface area contributed by atoms with Crippen molar-refractivity contribution in [3.05, 3.63) is 35.4 Å². The molecule has 1 aliphatic heterocycles. The summed E-state index contributed by atoms with van der Waals surface area (Å²) in [4.78, 5) is 0. The van der Waals surface area contributed by atoms with Crippen molar-refractivity contribution in [1.82, 2.24) is 5.32 Å². The van der Waals surface area contributed by atoms with Gasteiger partial charge in [0, 0.05) is 22.2 Å². The molecule has 1 aliphatic rings. The molecule has 0 aromatic heterocycles. The highest BCUT2D eigenvalue weighted by molar-refractivity contribution is 5.24. The Hall–Kier alpha value is -1.00. The third-order valence-electron chi connectivity index (χ3n) is 3.10. The van der Waals surface area contributed by atoms with Crippen LogP contribution in [0.2, 0.25) is 0 Å². The summed E-state index contributed by atoms with van der Waals surface area (Å²) in [5.74, 6) is 0. The summed E-state index contributed by atoms with van der Waals surface area (Å²) in [5, 5.41) is 3.36. The first-order valence-corrected chi connectivity index (χ1v) is 6.45. The first kappa shape index (κ1) is 15.1. The van der Waals surface area contributed by atoms with Crippen molar-refractivity contribution in [2.45, 2.75) is 32.3 Å². The zero-order valence-corrected chi connectivity index (χ0v) is 10.8. The summed E-state index contributed by atoms with van der Waals surface area (Å²) in [6, 6.07) is 8.90. The van der Waals surface area contributed by atoms with E-state index in [9.17, 15) is 0 Å². The van der Waals surface area contributed by atoms with E-state index in [4.69, 9.17) is 13.9 Å². The molecule has 102 valence electrons. The Balaban J connectivity index is 0.000000771. The highest BCUT2D eigenvalue weighted by Gasteiger charge is 2.14. The van der Waals surface area contributed by atoms with E-state index in [1.807, 2.05) is 0 Å². The molecule has 1 aromatic rings. The van der Waals surface area contributed by atoms with Crippen LogP contribution in [0.4, 0.5) is 9.15 Å². The first-order valence-electron chi connectivity index (χ1n) is 6.45. The van der Waals surface area contributed by atoms with Gasteiger partial charge in [0.05, 0.1) is 12.7 Å². The van der Waals surface area contributed by atoms with Crippen LogP contribution in [0.1, 0.15) is 37.0 Å². The fourth-order valence-electron chi connectivity index (χ4n) is 2.06. The molecule has 4 heteroatoms. The van der Waals surface area contributed by atoms with Crippen LogP contribution in [0, 0.1) is 0 Å². The predicted octanol–water partition coefficient (Wildman–Crippen LogP) is 3.53. The zero-order valence-electron chi connectivity index (χ0n) is 10.8. The summed E-state index contributed by atoms with van der Waals surface area (Å²) in [6.45, 7) is 4.97. The van der Waals surface area contributed by atoms with E-state index in [1.165, 1.54) is 30.4 Å². The van der Waals surface area contributed by atoms with Crippen LogP contribution in [0.5, 0.6) is 0 Å². The topological polar surface area (TPSA) is 21.3 Å². The third kappa shape index (κ3) is 4.70. The van der Waals surface area contributed by atoms with E-state index in [-0.39, 0.29) is 6.10 Å². The van der Waals surface area contributed by atoms with Gasteiger partial charge in [0.15, 0.2) is 0 Å². The van der Waals surface area contributed by atoms with Gasteiger partial charge in [0.25, 0.3) is 0 Å². The third-order valence-corrected chi connectivity index (χ3v) is 3.10. The SMILES string of the molecule is CCCCc1ccc(C2CNCCO2)cc1.FF. The average molecular weight is 257 g/mol. The Labute approximate surface area is 107 Å². The molecule has 1 saturated heterocycles. The fourth-order valence-corrected chi connectivity index (χ4v) is 2.06. The second kappa shape index (κ2) is 9.00. The molecule has 18 heavy (non-hydrogen) atoms. The van der Waals surface area contributed by atoms with E-state index in [0.717, 1.165) is 19.7 Å². The van der Waals surface area contributed by atoms with Gasteiger partial charge in [-0.1, -0.05) is 37.6 Å². The lowest BCUT2D eigenvalue weighted by Crippen LogP contribution is -2.33. The fraction of sp³-hybridized carbons (Fsp3) is 0.571. The highest BCUT2D eigenvalue weighted by Crippen LogP contribution is 2.19. The Kier molecular flexibility index (Phi) is 7.53. The molecule has 1 unspecified atom stereocenters. The standard InChI is InChI=1S/C14H21NO.F2/c1-2-3-4-12-5-7-13(8-6-12)14-11-15-9-10-16-14;1-2/h5-8,14-15H,2-4,9-11H2,1H3;. The lowest BCUT2D eigenvalue weighted by Gasteiger charge is -2.24. The zero-order chi connectivity index (χ0) is 13.2. The highest BCUT2D eigenvalue weighted by atomic mass is 20.0. The predicted molar refractivity (Wildman–Crippen MR) is 68.8 cm³/mol. The Morgan fingerprint density at radius 3 is 2.56 bits per heavy atom. The molecular formula is C14H21F2NO. The quantitative estimate of drug-likeness (QED) is 0.891. The van der Waals surface area contributed by atoms with Crippen LogP contribution < -0.4 is 5.32 Å². The number of unbranched alkanes of at least 4 members (excludes halogenated alkanes) is 1. The molecule has 1 atom stereocenters. The lowest BCUT2D eigenvalue weighted by molar-refractivity contribution is 0.0277. The van der Waals surface area contributed by atoms with E-state index in [1.54, 1.807) is 0 Å². The molecule has 0 radical (unpaired) electrons. The maximum Gasteiger partial charge on any atom is 0.0949 e. The molecule has 1 heterocycles. The Morgan fingerprint density at radius 2 is 2.00 bits per heavy atom. The minimum absolute atomic E-state index is 0.244. The smallest absolute Gasteiger partial charge is 0.0949 e. The van der Waals surface area contributed by atoms with Crippen molar-refractivity contribution in [2.24, 2.45) is 0 Å². The summed E-state index contributed by atoms with van der Waals surface area (Å²) in [6.07, 6.45) is 3.98. The summed E-state index contributed by atoms with van der Waals surface area (Å²) in [7, 11) is 0. The molecule has 0 aliphatic carbocycles. The van der Waals surface area contributed by atoms with Crippen LogP contribution in [0.15, 0.2) is 24.3 Å². The number of hydrogen-bond donors (Lipinski definition) is 1. The molecule has 1 aromatic carbocycles. The average Bonchev–Trinajstić information content (AvgIpc) is 2.49. The molecule has 2 nitrogen and oxygen atoms in total. The molecule has 2 rings (SSSR count). The summed E-state index contributed by atoms with van der Waals surface area (Å²) in [5.41, 5.74) is 2.74. The van der Waals surface area contributed by atoms with E-state index in [2.05, 4.69) is 36.5 Å². The van der Waals surface area contributed by atoms with Crippen molar-refractivity contribution in [3.8, 4) is 0 Å². The number of benzene rings is 1. The van der Waals surface area contributed by atoms with Crippen LogP contribution in [-0.4, -0.2) is 19.7 Å². The number of rotatable bonds is 4. The largest absolute Gasteiger partial charge is 0.371 e. The Morgan fingerprint density at radius 1 is 1.28 bits per heavy atom.